The van der Waals surface area contributed by atoms with Crippen LogP contribution in [0.1, 0.15) is 6.42 Å². The Bertz CT molecular complexity index is 530. The summed E-state index contributed by atoms with van der Waals surface area (Å²) in [4.78, 5) is 36.5. The first-order valence-corrected chi connectivity index (χ1v) is 6.48. The van der Waals surface area contributed by atoms with Crippen LogP contribution in [0.4, 0.5) is 10.5 Å². The van der Waals surface area contributed by atoms with Crippen LogP contribution in [-0.2, 0) is 9.59 Å². The molecule has 0 aliphatic carbocycles. The number of hydrogen-bond donors (Lipinski definition) is 2. The summed E-state index contributed by atoms with van der Waals surface area (Å²) in [6.07, 6.45) is 0.213. The molecular formula is C12H12BrN3O3. The van der Waals surface area contributed by atoms with Crippen LogP contribution in [0.2, 0.25) is 0 Å². The molecule has 1 atom stereocenters. The third-order valence-electron chi connectivity index (χ3n) is 2.81. The van der Waals surface area contributed by atoms with E-state index in [1.807, 2.05) is 0 Å². The molecule has 1 fully saturated rings. The van der Waals surface area contributed by atoms with E-state index in [1.165, 1.54) is 0 Å². The third-order valence-corrected chi connectivity index (χ3v) is 3.34. The molecule has 0 bridgehead atoms. The Labute approximate surface area is 118 Å². The summed E-state index contributed by atoms with van der Waals surface area (Å²) in [6, 6.07) is 5.94. The van der Waals surface area contributed by atoms with Crippen molar-refractivity contribution in [2.45, 2.75) is 6.42 Å². The predicted octanol–water partition coefficient (Wildman–Crippen LogP) is 0.997. The molecule has 6 nitrogen and oxygen atoms in total. The van der Waals surface area contributed by atoms with Crippen molar-refractivity contribution in [1.29, 1.82) is 0 Å². The van der Waals surface area contributed by atoms with Crippen molar-refractivity contribution >= 4 is 39.5 Å². The number of halogens is 1. The standard InChI is InChI=1S/C12H12BrN3O3/c13-7-1-3-8(4-2-7)16-11(18)9(5-6-14)10(17)15-12(16)19/h1-4,9H,5-6,14H2,(H,15,17,19). The van der Waals surface area contributed by atoms with Crippen molar-refractivity contribution in [1.82, 2.24) is 5.32 Å². The zero-order chi connectivity index (χ0) is 14.0. The van der Waals surface area contributed by atoms with E-state index in [4.69, 9.17) is 5.73 Å². The minimum Gasteiger partial charge on any atom is -0.330 e. The van der Waals surface area contributed by atoms with Crippen LogP contribution in [-0.4, -0.2) is 24.4 Å². The van der Waals surface area contributed by atoms with Crippen molar-refractivity contribution in [3.05, 3.63) is 28.7 Å². The van der Waals surface area contributed by atoms with Gasteiger partial charge in [0, 0.05) is 4.47 Å². The van der Waals surface area contributed by atoms with Gasteiger partial charge >= 0.3 is 6.03 Å². The molecule has 1 aliphatic heterocycles. The van der Waals surface area contributed by atoms with E-state index in [0.717, 1.165) is 9.37 Å². The van der Waals surface area contributed by atoms with Gasteiger partial charge in [0.25, 0.3) is 0 Å². The fourth-order valence-electron chi connectivity index (χ4n) is 1.87. The molecule has 1 aromatic rings. The van der Waals surface area contributed by atoms with Crippen LogP contribution in [0.3, 0.4) is 0 Å². The van der Waals surface area contributed by atoms with Crippen LogP contribution >= 0.6 is 15.9 Å². The van der Waals surface area contributed by atoms with Gasteiger partial charge in [0.05, 0.1) is 5.69 Å². The summed E-state index contributed by atoms with van der Waals surface area (Å²) in [5, 5.41) is 2.17. The lowest BCUT2D eigenvalue weighted by atomic mass is 10.0. The highest BCUT2D eigenvalue weighted by Gasteiger charge is 2.40. The maximum atomic E-state index is 12.2. The Hall–Kier alpha value is -1.73. The second-order valence-electron chi connectivity index (χ2n) is 4.07. The van der Waals surface area contributed by atoms with Crippen LogP contribution in [0.15, 0.2) is 28.7 Å². The molecule has 1 aromatic carbocycles. The van der Waals surface area contributed by atoms with Crippen molar-refractivity contribution < 1.29 is 14.4 Å². The SMILES string of the molecule is NCCC1C(=O)NC(=O)N(c2ccc(Br)cc2)C1=O. The molecule has 4 amide bonds. The highest BCUT2D eigenvalue weighted by atomic mass is 79.9. The third kappa shape index (κ3) is 2.66. The predicted molar refractivity (Wildman–Crippen MR) is 72.3 cm³/mol. The van der Waals surface area contributed by atoms with Crippen LogP contribution in [0, 0.1) is 5.92 Å². The van der Waals surface area contributed by atoms with Gasteiger partial charge in [0.15, 0.2) is 0 Å². The first-order valence-electron chi connectivity index (χ1n) is 5.69. The molecule has 1 heterocycles. The van der Waals surface area contributed by atoms with Gasteiger partial charge in [-0.05, 0) is 37.2 Å². The second-order valence-corrected chi connectivity index (χ2v) is 4.99. The average Bonchev–Trinajstić information content (AvgIpc) is 2.36. The van der Waals surface area contributed by atoms with Gasteiger partial charge in [0.2, 0.25) is 11.8 Å². The van der Waals surface area contributed by atoms with E-state index in [2.05, 4.69) is 21.2 Å². The minimum atomic E-state index is -0.911. The van der Waals surface area contributed by atoms with E-state index in [-0.39, 0.29) is 13.0 Å². The molecule has 0 aromatic heterocycles. The molecule has 1 saturated heterocycles. The highest BCUT2D eigenvalue weighted by molar-refractivity contribution is 9.10. The van der Waals surface area contributed by atoms with Crippen LogP contribution in [0.5, 0.6) is 0 Å². The molecule has 0 radical (unpaired) electrons. The van der Waals surface area contributed by atoms with E-state index in [1.54, 1.807) is 24.3 Å². The molecule has 19 heavy (non-hydrogen) atoms. The van der Waals surface area contributed by atoms with Gasteiger partial charge in [-0.15, -0.1) is 0 Å². The molecule has 3 N–H and O–H groups in total. The van der Waals surface area contributed by atoms with Gasteiger partial charge < -0.3 is 5.73 Å². The Kier molecular flexibility index (Phi) is 3.96. The van der Waals surface area contributed by atoms with Crippen LogP contribution in [0.25, 0.3) is 0 Å². The number of rotatable bonds is 3. The molecule has 1 unspecified atom stereocenters. The van der Waals surface area contributed by atoms with Gasteiger partial charge in [0.1, 0.15) is 5.92 Å². The summed E-state index contributed by atoms with van der Waals surface area (Å²) >= 11 is 3.27. The summed E-state index contributed by atoms with van der Waals surface area (Å²) in [5.41, 5.74) is 5.80. The molecule has 0 spiro atoms. The molecule has 2 rings (SSSR count). The largest absolute Gasteiger partial charge is 0.335 e. The Balaban J connectivity index is 2.33. The van der Waals surface area contributed by atoms with E-state index >= 15 is 0 Å². The zero-order valence-corrected chi connectivity index (χ0v) is 11.5. The van der Waals surface area contributed by atoms with Crippen molar-refractivity contribution in [3.63, 3.8) is 0 Å². The van der Waals surface area contributed by atoms with Gasteiger partial charge in [-0.1, -0.05) is 15.9 Å². The Morgan fingerprint density at radius 3 is 2.42 bits per heavy atom. The maximum absolute atomic E-state index is 12.2. The Morgan fingerprint density at radius 1 is 1.21 bits per heavy atom. The monoisotopic (exact) mass is 325 g/mol. The number of imide groups is 2. The van der Waals surface area contributed by atoms with Crippen molar-refractivity contribution in [2.75, 3.05) is 11.4 Å². The number of anilines is 1. The van der Waals surface area contributed by atoms with Crippen LogP contribution < -0.4 is 16.0 Å². The molecule has 1 aliphatic rings. The number of urea groups is 1. The zero-order valence-electron chi connectivity index (χ0n) is 9.93. The maximum Gasteiger partial charge on any atom is 0.335 e. The number of carbonyl (C=O) groups is 3. The molecule has 7 heteroatoms. The highest BCUT2D eigenvalue weighted by Crippen LogP contribution is 2.23. The molecule has 0 saturated carbocycles. The number of nitrogens with one attached hydrogen (secondary N) is 1. The summed E-state index contributed by atoms with van der Waals surface area (Å²) in [6.45, 7) is 0.201. The topological polar surface area (TPSA) is 92.5 Å². The first-order chi connectivity index (χ1) is 9.04. The molecular weight excluding hydrogens is 314 g/mol. The number of amides is 4. The first kappa shape index (κ1) is 13.7. The number of benzene rings is 1. The smallest absolute Gasteiger partial charge is 0.330 e. The molecule has 100 valence electrons. The van der Waals surface area contributed by atoms with Crippen molar-refractivity contribution in [2.24, 2.45) is 11.7 Å². The number of hydrogen-bond acceptors (Lipinski definition) is 4. The number of nitrogens with zero attached hydrogens (tertiary/aromatic N) is 1. The average molecular weight is 326 g/mol. The van der Waals surface area contributed by atoms with E-state index in [9.17, 15) is 14.4 Å². The number of carbonyl (C=O) groups excluding carboxylic acids is 3. The van der Waals surface area contributed by atoms with E-state index < -0.39 is 23.8 Å². The van der Waals surface area contributed by atoms with Gasteiger partial charge in [-0.25, -0.2) is 9.69 Å². The normalized spacial score (nSPS) is 19.6. The summed E-state index contributed by atoms with van der Waals surface area (Å²) < 4.78 is 0.829. The minimum absolute atomic E-state index is 0.201. The lowest BCUT2D eigenvalue weighted by molar-refractivity contribution is -0.134. The van der Waals surface area contributed by atoms with Crippen molar-refractivity contribution in [3.8, 4) is 0 Å². The lowest BCUT2D eigenvalue weighted by Gasteiger charge is -2.29. The second kappa shape index (κ2) is 5.50. The van der Waals surface area contributed by atoms with Gasteiger partial charge in [-0.3, -0.25) is 14.9 Å². The number of nitrogens with two attached hydrogens (primary N) is 1. The lowest BCUT2D eigenvalue weighted by Crippen LogP contribution is -2.58. The Morgan fingerprint density at radius 2 is 1.84 bits per heavy atom. The fourth-order valence-corrected chi connectivity index (χ4v) is 2.14. The fraction of sp³-hybridized carbons (Fsp3) is 0.250. The quantitative estimate of drug-likeness (QED) is 0.811. The summed E-state index contributed by atoms with van der Waals surface area (Å²) in [5.74, 6) is -2.04. The number of barbiturate groups is 1. The van der Waals surface area contributed by atoms with E-state index in [0.29, 0.717) is 5.69 Å². The summed E-state index contributed by atoms with van der Waals surface area (Å²) in [7, 11) is 0. The van der Waals surface area contributed by atoms with Gasteiger partial charge in [-0.2, -0.15) is 0 Å².